The summed E-state index contributed by atoms with van der Waals surface area (Å²) in [5.74, 6) is 0. The van der Waals surface area contributed by atoms with Crippen molar-refractivity contribution in [2.75, 3.05) is 30.0 Å². The van der Waals surface area contributed by atoms with Crippen LogP contribution in [-0.2, 0) is 19.5 Å². The number of para-hydroxylation sites is 2. The van der Waals surface area contributed by atoms with Gasteiger partial charge in [0.15, 0.2) is 0 Å². The van der Waals surface area contributed by atoms with Crippen molar-refractivity contribution >= 4 is 21.4 Å². The molecule has 3 atom stereocenters. The van der Waals surface area contributed by atoms with Gasteiger partial charge in [0, 0.05) is 13.7 Å². The predicted molar refractivity (Wildman–Crippen MR) is 83.1 cm³/mol. The average molecular weight is 314 g/mol. The number of ether oxygens (including phenoxy) is 2. The van der Waals surface area contributed by atoms with E-state index in [0.717, 1.165) is 18.4 Å². The van der Waals surface area contributed by atoms with Gasteiger partial charge in [0.05, 0.1) is 29.8 Å². The zero-order valence-corrected chi connectivity index (χ0v) is 13.3. The molecular weight excluding hydrogens is 292 g/mol. The van der Waals surface area contributed by atoms with Crippen LogP contribution >= 0.6 is 0 Å². The normalized spacial score (nSPS) is 25.2. The minimum atomic E-state index is -3.31. The molecule has 0 aliphatic heterocycles. The Kier molecular flexibility index (Phi) is 5.08. The second kappa shape index (κ2) is 6.64. The lowest BCUT2D eigenvalue weighted by Crippen LogP contribution is -2.56. The van der Waals surface area contributed by atoms with E-state index in [1.54, 1.807) is 19.2 Å². The molecule has 0 saturated heterocycles. The highest BCUT2D eigenvalue weighted by atomic mass is 32.2. The fourth-order valence-electron chi connectivity index (χ4n) is 2.51. The molecular formula is C14H22N2O4S. The third kappa shape index (κ3) is 4.09. The first-order chi connectivity index (χ1) is 9.94. The first-order valence-corrected chi connectivity index (χ1v) is 8.81. The maximum absolute atomic E-state index is 11.4. The van der Waals surface area contributed by atoms with E-state index >= 15 is 0 Å². The van der Waals surface area contributed by atoms with Crippen molar-refractivity contribution in [1.29, 1.82) is 0 Å². The number of anilines is 2. The molecule has 1 saturated carbocycles. The predicted octanol–water partition coefficient (Wildman–Crippen LogP) is 1.66. The zero-order chi connectivity index (χ0) is 15.5. The summed E-state index contributed by atoms with van der Waals surface area (Å²) in [4.78, 5) is 0. The SMILES string of the molecule is CCOC1CC(Nc2ccccc2NS(C)(=O)=O)C1OC. The van der Waals surface area contributed by atoms with E-state index in [2.05, 4.69) is 10.0 Å². The Morgan fingerprint density at radius 2 is 1.95 bits per heavy atom. The minimum Gasteiger partial charge on any atom is -0.378 e. The Morgan fingerprint density at radius 3 is 2.52 bits per heavy atom. The highest BCUT2D eigenvalue weighted by molar-refractivity contribution is 7.92. The van der Waals surface area contributed by atoms with Crippen molar-refractivity contribution in [1.82, 2.24) is 0 Å². The lowest BCUT2D eigenvalue weighted by atomic mass is 9.85. The van der Waals surface area contributed by atoms with Gasteiger partial charge in [-0.3, -0.25) is 4.72 Å². The second-order valence-electron chi connectivity index (χ2n) is 5.10. The molecule has 1 aliphatic rings. The Hall–Kier alpha value is -1.31. The number of sulfonamides is 1. The summed E-state index contributed by atoms with van der Waals surface area (Å²) in [5.41, 5.74) is 1.28. The van der Waals surface area contributed by atoms with Crippen molar-refractivity contribution in [3.05, 3.63) is 24.3 Å². The van der Waals surface area contributed by atoms with E-state index in [0.29, 0.717) is 12.3 Å². The third-order valence-corrected chi connectivity index (χ3v) is 4.06. The Morgan fingerprint density at radius 1 is 1.29 bits per heavy atom. The van der Waals surface area contributed by atoms with E-state index < -0.39 is 10.0 Å². The van der Waals surface area contributed by atoms with Crippen LogP contribution < -0.4 is 10.0 Å². The highest BCUT2D eigenvalue weighted by Gasteiger charge is 2.42. The van der Waals surface area contributed by atoms with Gasteiger partial charge in [-0.2, -0.15) is 0 Å². The smallest absolute Gasteiger partial charge is 0.229 e. The monoisotopic (exact) mass is 314 g/mol. The Labute approximate surface area is 125 Å². The van der Waals surface area contributed by atoms with Gasteiger partial charge in [-0.05, 0) is 25.5 Å². The van der Waals surface area contributed by atoms with Crippen LogP contribution in [0, 0.1) is 0 Å². The van der Waals surface area contributed by atoms with Crippen molar-refractivity contribution < 1.29 is 17.9 Å². The van der Waals surface area contributed by atoms with Crippen LogP contribution in [0.25, 0.3) is 0 Å². The summed E-state index contributed by atoms with van der Waals surface area (Å²) >= 11 is 0. The van der Waals surface area contributed by atoms with Crippen molar-refractivity contribution in [2.45, 2.75) is 31.6 Å². The lowest BCUT2D eigenvalue weighted by molar-refractivity contribution is -0.118. The van der Waals surface area contributed by atoms with Crippen molar-refractivity contribution in [3.63, 3.8) is 0 Å². The molecule has 118 valence electrons. The second-order valence-corrected chi connectivity index (χ2v) is 6.85. The van der Waals surface area contributed by atoms with E-state index in [4.69, 9.17) is 9.47 Å². The zero-order valence-electron chi connectivity index (χ0n) is 12.5. The number of methoxy groups -OCH3 is 1. The molecule has 2 N–H and O–H groups in total. The van der Waals surface area contributed by atoms with Gasteiger partial charge in [0.2, 0.25) is 10.0 Å². The lowest BCUT2D eigenvalue weighted by Gasteiger charge is -2.44. The third-order valence-electron chi connectivity index (χ3n) is 3.47. The largest absolute Gasteiger partial charge is 0.378 e. The first-order valence-electron chi connectivity index (χ1n) is 6.92. The van der Waals surface area contributed by atoms with Crippen LogP contribution in [0.2, 0.25) is 0 Å². The van der Waals surface area contributed by atoms with Crippen LogP contribution in [0.4, 0.5) is 11.4 Å². The van der Waals surface area contributed by atoms with E-state index in [9.17, 15) is 8.42 Å². The van der Waals surface area contributed by atoms with E-state index in [1.807, 2.05) is 19.1 Å². The van der Waals surface area contributed by atoms with Crippen LogP contribution in [-0.4, -0.2) is 46.6 Å². The molecule has 2 rings (SSSR count). The number of hydrogen-bond donors (Lipinski definition) is 2. The standard InChI is InChI=1S/C14H22N2O4S/c1-4-20-13-9-12(14(13)19-2)15-10-7-5-6-8-11(10)16-21(3,17)18/h5-8,12-16H,4,9H2,1-3H3. The molecule has 1 aliphatic carbocycles. The van der Waals surface area contributed by atoms with Crippen molar-refractivity contribution in [3.8, 4) is 0 Å². The van der Waals surface area contributed by atoms with Crippen molar-refractivity contribution in [2.24, 2.45) is 0 Å². The quantitative estimate of drug-likeness (QED) is 0.800. The van der Waals surface area contributed by atoms with Crippen LogP contribution in [0.5, 0.6) is 0 Å². The van der Waals surface area contributed by atoms with Crippen LogP contribution in [0.1, 0.15) is 13.3 Å². The number of rotatable bonds is 7. The summed E-state index contributed by atoms with van der Waals surface area (Å²) in [6, 6.07) is 7.32. The molecule has 21 heavy (non-hydrogen) atoms. The molecule has 0 heterocycles. The molecule has 0 spiro atoms. The van der Waals surface area contributed by atoms with Gasteiger partial charge < -0.3 is 14.8 Å². The molecule has 1 aromatic rings. The topological polar surface area (TPSA) is 76.7 Å². The van der Waals surface area contributed by atoms with E-state index in [-0.39, 0.29) is 18.2 Å². The van der Waals surface area contributed by atoms with E-state index in [1.165, 1.54) is 0 Å². The van der Waals surface area contributed by atoms with Gasteiger partial charge in [-0.15, -0.1) is 0 Å². The summed E-state index contributed by atoms with van der Waals surface area (Å²) in [5, 5.41) is 3.33. The molecule has 6 nitrogen and oxygen atoms in total. The van der Waals surface area contributed by atoms with Gasteiger partial charge in [0.1, 0.15) is 6.10 Å². The molecule has 0 radical (unpaired) electrons. The fraction of sp³-hybridized carbons (Fsp3) is 0.571. The van der Waals surface area contributed by atoms with Gasteiger partial charge in [-0.1, -0.05) is 12.1 Å². The minimum absolute atomic E-state index is 0.0313. The molecule has 1 fully saturated rings. The van der Waals surface area contributed by atoms with Gasteiger partial charge in [0.25, 0.3) is 0 Å². The van der Waals surface area contributed by atoms with Crippen LogP contribution in [0.3, 0.4) is 0 Å². The highest BCUT2D eigenvalue weighted by Crippen LogP contribution is 2.32. The fourth-order valence-corrected chi connectivity index (χ4v) is 3.09. The summed E-state index contributed by atoms with van der Waals surface area (Å²) in [7, 11) is -1.65. The first kappa shape index (κ1) is 16.1. The summed E-state index contributed by atoms with van der Waals surface area (Å²) in [6.45, 7) is 2.61. The Bertz CT molecular complexity index is 576. The molecule has 1 aromatic carbocycles. The molecule has 3 unspecified atom stereocenters. The molecule has 0 amide bonds. The number of hydrogen-bond acceptors (Lipinski definition) is 5. The maximum atomic E-state index is 11.4. The molecule has 7 heteroatoms. The number of benzene rings is 1. The summed E-state index contributed by atoms with van der Waals surface area (Å²) in [6.07, 6.45) is 2.03. The Balaban J connectivity index is 2.07. The van der Waals surface area contributed by atoms with Gasteiger partial charge >= 0.3 is 0 Å². The number of nitrogens with one attached hydrogen (secondary N) is 2. The maximum Gasteiger partial charge on any atom is 0.229 e. The molecule has 0 aromatic heterocycles. The molecule has 0 bridgehead atoms. The van der Waals surface area contributed by atoms with Crippen LogP contribution in [0.15, 0.2) is 24.3 Å². The average Bonchev–Trinajstić information content (AvgIpc) is 2.38. The summed E-state index contributed by atoms with van der Waals surface area (Å²) < 4.78 is 36.3. The van der Waals surface area contributed by atoms with Gasteiger partial charge in [-0.25, -0.2) is 8.42 Å².